The largest absolute Gasteiger partial charge is 0.491 e. The van der Waals surface area contributed by atoms with Crippen LogP contribution in [0.15, 0.2) is 147 Å². The number of esters is 1. The van der Waals surface area contributed by atoms with Gasteiger partial charge in [-0.1, -0.05) is 123 Å². The van der Waals surface area contributed by atoms with Crippen molar-refractivity contribution < 1.29 is 28.5 Å². The maximum Gasteiger partial charge on any atom is 0.330 e. The summed E-state index contributed by atoms with van der Waals surface area (Å²) >= 11 is 0. The van der Waals surface area contributed by atoms with E-state index in [0.29, 0.717) is 25.2 Å². The molecule has 0 bridgehead atoms. The van der Waals surface area contributed by atoms with Gasteiger partial charge in [-0.25, -0.2) is 4.79 Å². The number of hydrogen-bond acceptors (Lipinski definition) is 6. The van der Waals surface area contributed by atoms with Crippen molar-refractivity contribution in [3.63, 3.8) is 0 Å². The van der Waals surface area contributed by atoms with Gasteiger partial charge in [-0.15, -0.1) is 0 Å². The van der Waals surface area contributed by atoms with Crippen LogP contribution in [0.4, 0.5) is 0 Å². The molecule has 0 heterocycles. The Balaban J connectivity index is 0.00000120. The van der Waals surface area contributed by atoms with Gasteiger partial charge in [0, 0.05) is 18.6 Å². The Bertz CT molecular complexity index is 2140. The van der Waals surface area contributed by atoms with E-state index in [1.165, 1.54) is 16.9 Å². The summed E-state index contributed by atoms with van der Waals surface area (Å²) in [7, 11) is 1.68. The summed E-state index contributed by atoms with van der Waals surface area (Å²) in [5, 5.41) is 4.39. The lowest BCUT2D eigenvalue weighted by Gasteiger charge is -2.39. The molecule has 51 heavy (non-hydrogen) atoms. The Morgan fingerprint density at radius 3 is 2.14 bits per heavy atom. The predicted molar refractivity (Wildman–Crippen MR) is 204 cm³/mol. The standard InChI is InChI=1S/C42H38O5.C3H4O/c1-4-41(43)47-28-27-45-35-21-19-34(20-22-35)42(39-23-24-40(46-26-25-44-3)37-15-9-8-14-36(37)39)30(2)29-33-13-6-5-11-31(33)17-18-32-12-7-10-16-38(32)42;1-2-3-4/h4-17,19-24,29H,1-2,18,25-28H2,3H3;2-3H,1H2/b31-17-,33-29-;. The number of hydrogen-bond donors (Lipinski definition) is 0. The number of carbonyl (C=O) groups excluding carboxylic acids is 2. The van der Waals surface area contributed by atoms with Crippen molar-refractivity contribution in [2.75, 3.05) is 33.5 Å². The summed E-state index contributed by atoms with van der Waals surface area (Å²) < 4.78 is 22.5. The molecule has 1 aliphatic rings. The Kier molecular flexibility index (Phi) is 12.5. The minimum absolute atomic E-state index is 0.135. The number of ether oxygens (including phenoxy) is 4. The first-order valence-electron chi connectivity index (χ1n) is 16.7. The van der Waals surface area contributed by atoms with Gasteiger partial charge in [-0.05, 0) is 74.3 Å². The van der Waals surface area contributed by atoms with Gasteiger partial charge in [0.1, 0.15) is 37.6 Å². The fourth-order valence-electron chi connectivity index (χ4n) is 6.52. The topological polar surface area (TPSA) is 71.1 Å². The number of rotatable bonds is 12. The van der Waals surface area contributed by atoms with Gasteiger partial charge in [-0.3, -0.25) is 4.79 Å². The Hall–Kier alpha value is -5.98. The van der Waals surface area contributed by atoms with Crippen LogP contribution in [-0.2, 0) is 30.9 Å². The molecular weight excluding hydrogens is 636 g/mol. The monoisotopic (exact) mass is 678 g/mol. The molecule has 0 fully saturated rings. The highest BCUT2D eigenvalue weighted by Gasteiger charge is 2.41. The van der Waals surface area contributed by atoms with Gasteiger partial charge in [-0.2, -0.15) is 0 Å². The van der Waals surface area contributed by atoms with Gasteiger partial charge < -0.3 is 18.9 Å². The third kappa shape index (κ3) is 8.09. The van der Waals surface area contributed by atoms with Gasteiger partial charge in [0.05, 0.1) is 12.0 Å². The molecule has 0 saturated heterocycles. The fourth-order valence-corrected chi connectivity index (χ4v) is 6.52. The van der Waals surface area contributed by atoms with Crippen LogP contribution in [0.3, 0.4) is 0 Å². The van der Waals surface area contributed by atoms with Crippen molar-refractivity contribution in [3.05, 3.63) is 179 Å². The summed E-state index contributed by atoms with van der Waals surface area (Å²) in [5.41, 5.74) is 4.70. The van der Waals surface area contributed by atoms with Crippen molar-refractivity contribution >= 4 is 35.2 Å². The molecule has 0 aliphatic heterocycles. The number of fused-ring (bicyclic) bond motifs is 3. The summed E-state index contributed by atoms with van der Waals surface area (Å²) in [6.07, 6.45) is 8.27. The number of allylic oxidation sites excluding steroid dienone is 2. The molecular formula is C45H42O6. The van der Waals surface area contributed by atoms with Gasteiger partial charge >= 0.3 is 5.97 Å². The van der Waals surface area contributed by atoms with E-state index >= 15 is 0 Å². The highest BCUT2D eigenvalue weighted by atomic mass is 16.6. The van der Waals surface area contributed by atoms with E-state index in [1.54, 1.807) is 7.11 Å². The number of carbonyl (C=O) groups is 2. The second-order valence-corrected chi connectivity index (χ2v) is 11.7. The van der Waals surface area contributed by atoms with E-state index in [4.69, 9.17) is 30.3 Å². The zero-order chi connectivity index (χ0) is 36.1. The van der Waals surface area contributed by atoms with Crippen LogP contribution in [0.25, 0.3) is 22.9 Å². The third-order valence-corrected chi connectivity index (χ3v) is 8.75. The highest BCUT2D eigenvalue weighted by molar-refractivity contribution is 5.94. The average Bonchev–Trinajstić information content (AvgIpc) is 3.22. The molecule has 5 aromatic rings. The molecule has 0 saturated carbocycles. The van der Waals surface area contributed by atoms with Crippen molar-refractivity contribution in [1.29, 1.82) is 0 Å². The minimum Gasteiger partial charge on any atom is -0.491 e. The van der Waals surface area contributed by atoms with E-state index in [2.05, 4.69) is 116 Å². The van der Waals surface area contributed by atoms with Gasteiger partial charge in [0.25, 0.3) is 0 Å². The first-order valence-corrected chi connectivity index (χ1v) is 16.7. The summed E-state index contributed by atoms with van der Waals surface area (Å²) in [6.45, 7) is 12.7. The third-order valence-electron chi connectivity index (χ3n) is 8.75. The zero-order valence-electron chi connectivity index (χ0n) is 28.9. The lowest BCUT2D eigenvalue weighted by atomic mass is 9.62. The molecule has 0 aromatic heterocycles. The second-order valence-electron chi connectivity index (χ2n) is 11.7. The van der Waals surface area contributed by atoms with Crippen molar-refractivity contribution in [1.82, 2.24) is 0 Å². The molecule has 6 heteroatoms. The van der Waals surface area contributed by atoms with Crippen LogP contribution >= 0.6 is 0 Å². The van der Waals surface area contributed by atoms with Gasteiger partial charge in [0.2, 0.25) is 0 Å². The molecule has 1 atom stereocenters. The van der Waals surface area contributed by atoms with E-state index < -0.39 is 11.4 Å². The number of benzene rings is 5. The Morgan fingerprint density at radius 2 is 1.41 bits per heavy atom. The number of methoxy groups -OCH3 is 1. The molecule has 1 aliphatic carbocycles. The van der Waals surface area contributed by atoms with Crippen LogP contribution in [0.1, 0.15) is 22.3 Å². The SMILES string of the molecule is C=CC(=O)OCCOc1ccc(C2(c3ccc(OCCOC)c4ccccc34)C(=C)/C=c3/cccc/c3=C/Cc3ccccc32)cc1.C=CC=O. The molecule has 6 rings (SSSR count). The normalized spacial score (nSPS) is 16.0. The second kappa shape index (κ2) is 17.6. The van der Waals surface area contributed by atoms with Crippen LogP contribution in [0, 0.1) is 0 Å². The predicted octanol–water partition coefficient (Wildman–Crippen LogP) is 7.05. The molecule has 5 aromatic carbocycles. The van der Waals surface area contributed by atoms with Crippen molar-refractivity contribution in [2.45, 2.75) is 11.8 Å². The molecule has 0 radical (unpaired) electrons. The molecule has 1 unspecified atom stereocenters. The summed E-state index contributed by atoms with van der Waals surface area (Å²) in [6, 6.07) is 38.0. The zero-order valence-corrected chi connectivity index (χ0v) is 28.9. The number of aldehydes is 1. The molecule has 0 amide bonds. The Morgan fingerprint density at radius 1 is 0.745 bits per heavy atom. The highest BCUT2D eigenvalue weighted by Crippen LogP contribution is 2.50. The van der Waals surface area contributed by atoms with E-state index in [-0.39, 0.29) is 13.2 Å². The fraction of sp³-hybridized carbons (Fsp3) is 0.156. The molecule has 0 spiro atoms. The van der Waals surface area contributed by atoms with Crippen molar-refractivity contribution in [3.8, 4) is 11.5 Å². The van der Waals surface area contributed by atoms with Crippen molar-refractivity contribution in [2.24, 2.45) is 0 Å². The lowest BCUT2D eigenvalue weighted by Crippen LogP contribution is -2.33. The smallest absolute Gasteiger partial charge is 0.330 e. The van der Waals surface area contributed by atoms with Crippen LogP contribution in [0.2, 0.25) is 0 Å². The average molecular weight is 679 g/mol. The quantitative estimate of drug-likeness (QED) is 0.0610. The lowest BCUT2D eigenvalue weighted by molar-refractivity contribution is -0.138. The van der Waals surface area contributed by atoms with E-state index in [1.807, 2.05) is 18.2 Å². The molecule has 6 nitrogen and oxygen atoms in total. The maximum atomic E-state index is 11.5. The summed E-state index contributed by atoms with van der Waals surface area (Å²) in [4.78, 5) is 20.5. The molecule has 0 N–H and O–H groups in total. The first-order chi connectivity index (χ1) is 25.0. The van der Waals surface area contributed by atoms with Crippen LogP contribution < -0.4 is 19.9 Å². The molecule has 258 valence electrons. The van der Waals surface area contributed by atoms with E-state index in [0.717, 1.165) is 56.5 Å². The van der Waals surface area contributed by atoms with E-state index in [9.17, 15) is 4.79 Å². The Labute approximate surface area is 299 Å². The summed E-state index contributed by atoms with van der Waals surface area (Å²) in [5.74, 6) is 1.01. The van der Waals surface area contributed by atoms with Gasteiger partial charge in [0.15, 0.2) is 0 Å². The van der Waals surface area contributed by atoms with Crippen LogP contribution in [0.5, 0.6) is 11.5 Å². The minimum atomic E-state index is -0.773. The van der Waals surface area contributed by atoms with Crippen LogP contribution in [-0.4, -0.2) is 45.8 Å². The first kappa shape index (κ1) is 36.3. The maximum absolute atomic E-state index is 11.5.